The first-order valence-electron chi connectivity index (χ1n) is 7.25. The Hall–Kier alpha value is -2.05. The third-order valence-corrected chi connectivity index (χ3v) is 2.08. The average Bonchev–Trinajstić information content (AvgIpc) is 2.31. The summed E-state index contributed by atoms with van der Waals surface area (Å²) in [7, 11) is 0. The summed E-state index contributed by atoms with van der Waals surface area (Å²) in [4.78, 5) is 35.7. The fourth-order valence-electron chi connectivity index (χ4n) is 1.30. The maximum atomic E-state index is 12.0. The molecule has 7 heteroatoms. The minimum Gasteiger partial charge on any atom is -0.463 e. The van der Waals surface area contributed by atoms with Crippen LogP contribution in [0.4, 0.5) is 4.79 Å². The number of esters is 2. The van der Waals surface area contributed by atoms with Gasteiger partial charge in [-0.05, 0) is 48.5 Å². The molecule has 23 heavy (non-hydrogen) atoms. The lowest BCUT2D eigenvalue weighted by Crippen LogP contribution is -2.37. The van der Waals surface area contributed by atoms with Gasteiger partial charge in [-0.15, -0.1) is 0 Å². The summed E-state index contributed by atoms with van der Waals surface area (Å²) in [6, 6.07) is 0. The molecule has 0 aliphatic carbocycles. The van der Waals surface area contributed by atoms with Gasteiger partial charge in [0.15, 0.2) is 0 Å². The van der Waals surface area contributed by atoms with E-state index in [1.165, 1.54) is 0 Å². The van der Waals surface area contributed by atoms with Gasteiger partial charge < -0.3 is 18.9 Å². The van der Waals surface area contributed by atoms with Crippen molar-refractivity contribution in [1.29, 1.82) is 0 Å². The summed E-state index contributed by atoms with van der Waals surface area (Å²) in [5.74, 6) is -1.78. The van der Waals surface area contributed by atoms with Crippen LogP contribution in [0.2, 0.25) is 0 Å². The van der Waals surface area contributed by atoms with Crippen LogP contribution in [0, 0.1) is 0 Å². The third kappa shape index (κ3) is 8.85. The van der Waals surface area contributed by atoms with E-state index in [2.05, 4.69) is 6.58 Å². The predicted octanol–water partition coefficient (Wildman–Crippen LogP) is 2.77. The largest absolute Gasteiger partial charge is 0.510 e. The van der Waals surface area contributed by atoms with Gasteiger partial charge in [0.1, 0.15) is 11.2 Å². The topological polar surface area (TPSA) is 88.1 Å². The van der Waals surface area contributed by atoms with Crippen molar-refractivity contribution < 1.29 is 33.3 Å². The molecule has 132 valence electrons. The SMILES string of the molecule is C=C(C(=O)OC(C)(C)C)C(OC(=O)OC(C)(C)C)C(=O)OCC. The van der Waals surface area contributed by atoms with Crippen molar-refractivity contribution in [2.75, 3.05) is 6.61 Å². The summed E-state index contributed by atoms with van der Waals surface area (Å²) in [5.41, 5.74) is -1.95. The number of rotatable bonds is 5. The second-order valence-corrected chi connectivity index (χ2v) is 6.74. The summed E-state index contributed by atoms with van der Waals surface area (Å²) in [6.45, 7) is 15.0. The number of ether oxygens (including phenoxy) is 4. The maximum Gasteiger partial charge on any atom is 0.510 e. The maximum absolute atomic E-state index is 12.0. The molecule has 1 unspecified atom stereocenters. The molecule has 0 aliphatic heterocycles. The highest BCUT2D eigenvalue weighted by atomic mass is 16.7. The molecule has 0 saturated heterocycles. The van der Waals surface area contributed by atoms with Gasteiger partial charge in [-0.25, -0.2) is 14.4 Å². The molecule has 0 radical (unpaired) electrons. The Morgan fingerprint density at radius 1 is 0.957 bits per heavy atom. The quantitative estimate of drug-likeness (QED) is 0.435. The molecule has 0 saturated carbocycles. The highest BCUT2D eigenvalue weighted by Crippen LogP contribution is 2.17. The van der Waals surface area contributed by atoms with Gasteiger partial charge in [0.2, 0.25) is 6.10 Å². The summed E-state index contributed by atoms with van der Waals surface area (Å²) in [6.07, 6.45) is -2.74. The number of hydrogen-bond acceptors (Lipinski definition) is 7. The lowest BCUT2D eigenvalue weighted by Gasteiger charge is -2.24. The second-order valence-electron chi connectivity index (χ2n) is 6.74. The molecule has 0 amide bonds. The molecule has 0 bridgehead atoms. The Balaban J connectivity index is 5.15. The molecule has 0 aromatic rings. The first-order valence-corrected chi connectivity index (χ1v) is 7.25. The van der Waals surface area contributed by atoms with Crippen molar-refractivity contribution in [3.63, 3.8) is 0 Å². The zero-order chi connectivity index (χ0) is 18.4. The zero-order valence-corrected chi connectivity index (χ0v) is 14.8. The lowest BCUT2D eigenvalue weighted by atomic mass is 10.1. The second kappa shape index (κ2) is 7.99. The zero-order valence-electron chi connectivity index (χ0n) is 14.8. The first-order chi connectivity index (χ1) is 10.3. The van der Waals surface area contributed by atoms with Crippen LogP contribution in [0.25, 0.3) is 0 Å². The summed E-state index contributed by atoms with van der Waals surface area (Å²) < 4.78 is 19.8. The normalized spacial score (nSPS) is 12.8. The van der Waals surface area contributed by atoms with E-state index in [0.717, 1.165) is 0 Å². The van der Waals surface area contributed by atoms with E-state index in [4.69, 9.17) is 18.9 Å². The standard InChI is InChI=1S/C16H26O7/c1-9-20-13(18)11(21-14(19)23-16(6,7)8)10(2)12(17)22-15(3,4)5/h11H,2,9H2,1,3-8H3. The molecule has 0 N–H and O–H groups in total. The predicted molar refractivity (Wildman–Crippen MR) is 82.7 cm³/mol. The Bertz CT molecular complexity index is 466. The average molecular weight is 330 g/mol. The van der Waals surface area contributed by atoms with Crippen molar-refractivity contribution in [2.24, 2.45) is 0 Å². The minimum absolute atomic E-state index is 0.0502. The molecule has 0 aromatic heterocycles. The Morgan fingerprint density at radius 2 is 1.43 bits per heavy atom. The lowest BCUT2D eigenvalue weighted by molar-refractivity contribution is -0.159. The monoisotopic (exact) mass is 330 g/mol. The molecule has 0 spiro atoms. The van der Waals surface area contributed by atoms with Crippen LogP contribution < -0.4 is 0 Å². The van der Waals surface area contributed by atoms with Crippen LogP contribution in [0.1, 0.15) is 48.5 Å². The Kier molecular flexibility index (Phi) is 7.27. The van der Waals surface area contributed by atoms with Crippen molar-refractivity contribution in [3.05, 3.63) is 12.2 Å². The van der Waals surface area contributed by atoms with E-state index in [1.807, 2.05) is 0 Å². The van der Waals surface area contributed by atoms with E-state index in [0.29, 0.717) is 0 Å². The molecule has 0 aliphatic rings. The van der Waals surface area contributed by atoms with E-state index >= 15 is 0 Å². The summed E-state index contributed by atoms with van der Waals surface area (Å²) in [5, 5.41) is 0. The molecule has 1 atom stereocenters. The van der Waals surface area contributed by atoms with E-state index < -0.39 is 35.4 Å². The van der Waals surface area contributed by atoms with Gasteiger partial charge >= 0.3 is 18.1 Å². The highest BCUT2D eigenvalue weighted by molar-refractivity contribution is 5.97. The van der Waals surface area contributed by atoms with E-state index in [-0.39, 0.29) is 12.2 Å². The van der Waals surface area contributed by atoms with Crippen LogP contribution in [0.15, 0.2) is 12.2 Å². The van der Waals surface area contributed by atoms with Crippen LogP contribution >= 0.6 is 0 Å². The van der Waals surface area contributed by atoms with Crippen LogP contribution in [0.3, 0.4) is 0 Å². The molecule has 0 fully saturated rings. The van der Waals surface area contributed by atoms with Crippen molar-refractivity contribution in [2.45, 2.75) is 65.8 Å². The highest BCUT2D eigenvalue weighted by Gasteiger charge is 2.35. The van der Waals surface area contributed by atoms with Gasteiger partial charge in [-0.2, -0.15) is 0 Å². The number of hydrogen-bond donors (Lipinski definition) is 0. The molecular formula is C16H26O7. The Morgan fingerprint density at radius 3 is 1.83 bits per heavy atom. The molecular weight excluding hydrogens is 304 g/mol. The van der Waals surface area contributed by atoms with E-state index in [1.54, 1.807) is 48.5 Å². The summed E-state index contributed by atoms with van der Waals surface area (Å²) >= 11 is 0. The van der Waals surface area contributed by atoms with Gasteiger partial charge in [-0.3, -0.25) is 0 Å². The smallest absolute Gasteiger partial charge is 0.463 e. The molecule has 0 heterocycles. The van der Waals surface area contributed by atoms with Crippen LogP contribution in [-0.4, -0.2) is 42.0 Å². The van der Waals surface area contributed by atoms with Crippen LogP contribution in [-0.2, 0) is 28.5 Å². The van der Waals surface area contributed by atoms with E-state index in [9.17, 15) is 14.4 Å². The first kappa shape index (κ1) is 20.9. The number of carbonyl (C=O) groups is 3. The van der Waals surface area contributed by atoms with Crippen molar-refractivity contribution >= 4 is 18.1 Å². The molecule has 7 nitrogen and oxygen atoms in total. The van der Waals surface area contributed by atoms with Crippen molar-refractivity contribution in [3.8, 4) is 0 Å². The fraction of sp³-hybridized carbons (Fsp3) is 0.688. The molecule has 0 aromatic carbocycles. The third-order valence-electron chi connectivity index (χ3n) is 2.08. The van der Waals surface area contributed by atoms with Crippen molar-refractivity contribution in [1.82, 2.24) is 0 Å². The Labute approximate surface area is 136 Å². The van der Waals surface area contributed by atoms with Gasteiger partial charge in [-0.1, -0.05) is 6.58 Å². The number of carbonyl (C=O) groups excluding carboxylic acids is 3. The van der Waals surface area contributed by atoms with Gasteiger partial charge in [0, 0.05) is 0 Å². The van der Waals surface area contributed by atoms with Gasteiger partial charge in [0.05, 0.1) is 12.2 Å². The molecule has 0 rings (SSSR count). The van der Waals surface area contributed by atoms with Crippen LogP contribution in [0.5, 0.6) is 0 Å². The minimum atomic E-state index is -1.63. The van der Waals surface area contributed by atoms with Gasteiger partial charge in [0.25, 0.3) is 0 Å². The fourth-order valence-corrected chi connectivity index (χ4v) is 1.30.